The molecule has 0 radical (unpaired) electrons. The molecule has 1 rings (SSSR count). The summed E-state index contributed by atoms with van der Waals surface area (Å²) in [5.41, 5.74) is 0.967. The van der Waals surface area contributed by atoms with Crippen LogP contribution in [0.15, 0.2) is 18.2 Å². The summed E-state index contributed by atoms with van der Waals surface area (Å²) >= 11 is 0. The highest BCUT2D eigenvalue weighted by Gasteiger charge is 2.06. The molecule has 0 atom stereocenters. The Morgan fingerprint density at radius 1 is 1.14 bits per heavy atom. The SMILES string of the molecule is COc1ccc(CCNC(=O)NCCCC(=O)O)c(OC)c1. The Kier molecular flexibility index (Phi) is 7.60. The van der Waals surface area contributed by atoms with Crippen molar-refractivity contribution in [2.24, 2.45) is 0 Å². The fourth-order valence-electron chi connectivity index (χ4n) is 1.87. The number of carbonyl (C=O) groups is 2. The highest BCUT2D eigenvalue weighted by Crippen LogP contribution is 2.24. The molecule has 0 fully saturated rings. The zero-order valence-corrected chi connectivity index (χ0v) is 12.8. The van der Waals surface area contributed by atoms with Crippen LogP contribution in [0, 0.1) is 0 Å². The molecule has 0 spiro atoms. The van der Waals surface area contributed by atoms with Crippen LogP contribution < -0.4 is 20.1 Å². The molecule has 0 aliphatic carbocycles. The Labute approximate surface area is 129 Å². The number of benzene rings is 1. The first-order valence-electron chi connectivity index (χ1n) is 7.01. The largest absolute Gasteiger partial charge is 0.497 e. The lowest BCUT2D eigenvalue weighted by molar-refractivity contribution is -0.137. The molecule has 1 aromatic rings. The number of nitrogens with one attached hydrogen (secondary N) is 2. The minimum absolute atomic E-state index is 0.0450. The molecule has 0 aliphatic heterocycles. The van der Waals surface area contributed by atoms with Crippen LogP contribution in [-0.2, 0) is 11.2 Å². The number of carbonyl (C=O) groups excluding carboxylic acids is 1. The number of ether oxygens (including phenoxy) is 2. The highest BCUT2D eigenvalue weighted by atomic mass is 16.5. The van der Waals surface area contributed by atoms with Gasteiger partial charge in [0.1, 0.15) is 11.5 Å². The topological polar surface area (TPSA) is 96.9 Å². The molecule has 0 bridgehead atoms. The zero-order valence-electron chi connectivity index (χ0n) is 12.8. The van der Waals surface area contributed by atoms with Gasteiger partial charge in [-0.25, -0.2) is 4.79 Å². The van der Waals surface area contributed by atoms with Crippen molar-refractivity contribution in [2.45, 2.75) is 19.3 Å². The van der Waals surface area contributed by atoms with Gasteiger partial charge < -0.3 is 25.2 Å². The van der Waals surface area contributed by atoms with E-state index in [1.54, 1.807) is 20.3 Å². The summed E-state index contributed by atoms with van der Waals surface area (Å²) in [4.78, 5) is 21.8. The molecule has 0 unspecified atom stereocenters. The average molecular weight is 310 g/mol. The van der Waals surface area contributed by atoms with Crippen LogP contribution >= 0.6 is 0 Å². The third-order valence-electron chi connectivity index (χ3n) is 3.03. The molecular weight excluding hydrogens is 288 g/mol. The minimum atomic E-state index is -0.867. The zero-order chi connectivity index (χ0) is 16.4. The lowest BCUT2D eigenvalue weighted by Gasteiger charge is -2.11. The van der Waals surface area contributed by atoms with Crippen molar-refractivity contribution < 1.29 is 24.2 Å². The number of carboxylic acid groups (broad SMARTS) is 1. The van der Waals surface area contributed by atoms with Crippen LogP contribution in [0.2, 0.25) is 0 Å². The monoisotopic (exact) mass is 310 g/mol. The minimum Gasteiger partial charge on any atom is -0.497 e. The number of hydrogen-bond donors (Lipinski definition) is 3. The average Bonchev–Trinajstić information content (AvgIpc) is 2.51. The summed E-state index contributed by atoms with van der Waals surface area (Å²) in [6.07, 6.45) is 1.08. The Morgan fingerprint density at radius 2 is 1.86 bits per heavy atom. The second-order valence-corrected chi connectivity index (χ2v) is 4.61. The Hall–Kier alpha value is -2.44. The number of hydrogen-bond acceptors (Lipinski definition) is 4. The van der Waals surface area contributed by atoms with E-state index in [2.05, 4.69) is 10.6 Å². The molecule has 7 nitrogen and oxygen atoms in total. The van der Waals surface area contributed by atoms with E-state index in [0.717, 1.165) is 5.56 Å². The van der Waals surface area contributed by atoms with Gasteiger partial charge in [0.05, 0.1) is 14.2 Å². The van der Waals surface area contributed by atoms with E-state index >= 15 is 0 Å². The second kappa shape index (κ2) is 9.49. The number of rotatable bonds is 9. The van der Waals surface area contributed by atoms with Gasteiger partial charge in [-0.2, -0.15) is 0 Å². The van der Waals surface area contributed by atoms with Crippen molar-refractivity contribution in [3.63, 3.8) is 0 Å². The first kappa shape index (κ1) is 17.6. The number of methoxy groups -OCH3 is 2. The Balaban J connectivity index is 2.31. The van der Waals surface area contributed by atoms with Crippen molar-refractivity contribution >= 4 is 12.0 Å². The molecule has 0 heterocycles. The van der Waals surface area contributed by atoms with Crippen LogP contribution in [0.1, 0.15) is 18.4 Å². The highest BCUT2D eigenvalue weighted by molar-refractivity contribution is 5.73. The van der Waals surface area contributed by atoms with E-state index in [1.165, 1.54) is 0 Å². The maximum atomic E-state index is 11.5. The lowest BCUT2D eigenvalue weighted by Crippen LogP contribution is -2.37. The number of carboxylic acids is 1. The quantitative estimate of drug-likeness (QED) is 0.599. The van der Waals surface area contributed by atoms with E-state index in [-0.39, 0.29) is 12.5 Å². The molecule has 0 aliphatic rings. The van der Waals surface area contributed by atoms with Gasteiger partial charge in [-0.15, -0.1) is 0 Å². The molecular formula is C15H22N2O5. The van der Waals surface area contributed by atoms with Crippen LogP contribution in [0.25, 0.3) is 0 Å². The summed E-state index contributed by atoms with van der Waals surface area (Å²) in [6, 6.07) is 5.22. The van der Waals surface area contributed by atoms with Crippen molar-refractivity contribution in [2.75, 3.05) is 27.3 Å². The molecule has 3 N–H and O–H groups in total. The van der Waals surface area contributed by atoms with Gasteiger partial charge in [0, 0.05) is 25.6 Å². The fraction of sp³-hybridized carbons (Fsp3) is 0.467. The molecule has 22 heavy (non-hydrogen) atoms. The molecule has 7 heteroatoms. The van der Waals surface area contributed by atoms with Crippen molar-refractivity contribution in [3.8, 4) is 11.5 Å². The van der Waals surface area contributed by atoms with Crippen molar-refractivity contribution in [3.05, 3.63) is 23.8 Å². The van der Waals surface area contributed by atoms with Gasteiger partial charge in [0.15, 0.2) is 0 Å². The van der Waals surface area contributed by atoms with Gasteiger partial charge in [0.25, 0.3) is 0 Å². The molecule has 2 amide bonds. The number of aliphatic carboxylic acids is 1. The van der Waals surface area contributed by atoms with Crippen molar-refractivity contribution in [1.82, 2.24) is 10.6 Å². The van der Waals surface area contributed by atoms with E-state index in [0.29, 0.717) is 37.4 Å². The van der Waals surface area contributed by atoms with Crippen LogP contribution in [0.4, 0.5) is 4.79 Å². The van der Waals surface area contributed by atoms with Crippen molar-refractivity contribution in [1.29, 1.82) is 0 Å². The maximum absolute atomic E-state index is 11.5. The Bertz CT molecular complexity index is 505. The first-order valence-corrected chi connectivity index (χ1v) is 7.01. The standard InChI is InChI=1S/C15H22N2O5/c1-21-12-6-5-11(13(10-12)22-2)7-9-17-15(20)16-8-3-4-14(18)19/h5-6,10H,3-4,7-9H2,1-2H3,(H,18,19)(H2,16,17,20). The smallest absolute Gasteiger partial charge is 0.314 e. The van der Waals surface area contributed by atoms with E-state index in [9.17, 15) is 9.59 Å². The van der Waals surface area contributed by atoms with Crippen LogP contribution in [0.5, 0.6) is 11.5 Å². The van der Waals surface area contributed by atoms with Gasteiger partial charge in [-0.3, -0.25) is 4.79 Å². The fourth-order valence-corrected chi connectivity index (χ4v) is 1.87. The van der Waals surface area contributed by atoms with E-state index in [1.807, 2.05) is 12.1 Å². The van der Waals surface area contributed by atoms with Crippen LogP contribution in [0.3, 0.4) is 0 Å². The summed E-state index contributed by atoms with van der Waals surface area (Å²) in [7, 11) is 3.17. The lowest BCUT2D eigenvalue weighted by atomic mass is 10.1. The second-order valence-electron chi connectivity index (χ2n) is 4.61. The summed E-state index contributed by atoms with van der Waals surface area (Å²) in [5.74, 6) is 0.557. The van der Waals surface area contributed by atoms with E-state index < -0.39 is 5.97 Å². The predicted octanol–water partition coefficient (Wildman–Crippen LogP) is 1.41. The summed E-state index contributed by atoms with van der Waals surface area (Å²) in [6.45, 7) is 0.789. The Morgan fingerprint density at radius 3 is 2.50 bits per heavy atom. The maximum Gasteiger partial charge on any atom is 0.314 e. The predicted molar refractivity (Wildman–Crippen MR) is 81.5 cm³/mol. The van der Waals surface area contributed by atoms with Gasteiger partial charge >= 0.3 is 12.0 Å². The molecule has 0 saturated carbocycles. The third-order valence-corrected chi connectivity index (χ3v) is 3.03. The molecule has 0 saturated heterocycles. The molecule has 122 valence electrons. The third kappa shape index (κ3) is 6.34. The van der Waals surface area contributed by atoms with Gasteiger partial charge in [-0.1, -0.05) is 6.07 Å². The number of amides is 2. The normalized spacial score (nSPS) is 9.91. The van der Waals surface area contributed by atoms with Gasteiger partial charge in [-0.05, 0) is 24.5 Å². The number of urea groups is 1. The molecule has 0 aromatic heterocycles. The van der Waals surface area contributed by atoms with Crippen LogP contribution in [-0.4, -0.2) is 44.4 Å². The molecule has 1 aromatic carbocycles. The summed E-state index contributed by atoms with van der Waals surface area (Å²) in [5, 5.41) is 13.8. The summed E-state index contributed by atoms with van der Waals surface area (Å²) < 4.78 is 10.4. The van der Waals surface area contributed by atoms with E-state index in [4.69, 9.17) is 14.6 Å². The first-order chi connectivity index (χ1) is 10.6. The van der Waals surface area contributed by atoms with Gasteiger partial charge in [0.2, 0.25) is 0 Å².